The van der Waals surface area contributed by atoms with Crippen LogP contribution in [0.25, 0.3) is 0 Å². The van der Waals surface area contributed by atoms with Gasteiger partial charge in [-0.05, 0) is 31.1 Å². The molecule has 0 aliphatic heterocycles. The number of hydrogen-bond donors (Lipinski definition) is 2. The van der Waals surface area contributed by atoms with Gasteiger partial charge in [-0.15, -0.1) is 0 Å². The van der Waals surface area contributed by atoms with Crippen molar-refractivity contribution in [2.45, 2.75) is 44.0 Å². The Bertz CT molecular complexity index is 519. The number of nitrogens with zero attached hydrogens (tertiary/aromatic N) is 2. The Morgan fingerprint density at radius 2 is 1.68 bits per heavy atom. The van der Waals surface area contributed by atoms with E-state index in [1.54, 1.807) is 0 Å². The van der Waals surface area contributed by atoms with Gasteiger partial charge in [-0.2, -0.15) is 0 Å². The molecule has 0 amide bonds. The molecule has 3 N–H and O–H groups in total. The Balaban J connectivity index is 2.10. The van der Waals surface area contributed by atoms with E-state index in [9.17, 15) is 8.42 Å². The minimum absolute atomic E-state index is 0.0127. The molecule has 2 unspecified atom stereocenters. The molecule has 2 atom stereocenters. The first-order chi connectivity index (χ1) is 8.87. The van der Waals surface area contributed by atoms with Gasteiger partial charge in [0, 0.05) is 6.04 Å². The van der Waals surface area contributed by atoms with Crippen molar-refractivity contribution in [3.63, 3.8) is 0 Å². The smallest absolute Gasteiger partial charge is 0.243 e. The Labute approximate surface area is 113 Å². The van der Waals surface area contributed by atoms with E-state index in [4.69, 9.17) is 5.73 Å². The molecule has 1 saturated carbocycles. The number of rotatable bonds is 3. The van der Waals surface area contributed by atoms with Gasteiger partial charge in [-0.3, -0.25) is 0 Å². The van der Waals surface area contributed by atoms with E-state index in [1.807, 2.05) is 0 Å². The van der Waals surface area contributed by atoms with Gasteiger partial charge in [0.25, 0.3) is 0 Å². The van der Waals surface area contributed by atoms with Crippen LogP contribution in [0.5, 0.6) is 0 Å². The molecule has 0 spiro atoms. The van der Waals surface area contributed by atoms with Crippen molar-refractivity contribution in [2.24, 2.45) is 11.8 Å². The number of sulfonamides is 1. The van der Waals surface area contributed by atoms with Crippen LogP contribution < -0.4 is 10.5 Å². The minimum atomic E-state index is -3.55. The number of nitrogens with one attached hydrogen (secondary N) is 1. The average Bonchev–Trinajstić information content (AvgIpc) is 2.27. The summed E-state index contributed by atoms with van der Waals surface area (Å²) in [5, 5.41) is 0. The van der Waals surface area contributed by atoms with Gasteiger partial charge in [-0.1, -0.05) is 13.8 Å². The first kappa shape index (κ1) is 14.2. The summed E-state index contributed by atoms with van der Waals surface area (Å²) in [7, 11) is -3.55. The van der Waals surface area contributed by atoms with E-state index >= 15 is 0 Å². The van der Waals surface area contributed by atoms with Gasteiger partial charge >= 0.3 is 0 Å². The van der Waals surface area contributed by atoms with Crippen molar-refractivity contribution in [3.8, 4) is 0 Å². The third-order valence-corrected chi connectivity index (χ3v) is 4.93. The molecule has 1 heterocycles. The van der Waals surface area contributed by atoms with Crippen molar-refractivity contribution >= 4 is 16.0 Å². The fraction of sp³-hybridized carbons (Fsp3) is 0.667. The SMILES string of the molecule is CC1CC(C)CC(NS(=O)(=O)c2cnc(N)nc2)C1. The molecule has 2 rings (SSSR count). The standard InChI is InChI=1S/C12H20N4O2S/c1-8-3-9(2)5-10(4-8)16-19(17,18)11-6-14-12(13)15-7-11/h6-10,16H,3-5H2,1-2H3,(H2,13,14,15). The lowest BCUT2D eigenvalue weighted by Crippen LogP contribution is -2.40. The topological polar surface area (TPSA) is 98.0 Å². The lowest BCUT2D eigenvalue weighted by atomic mass is 9.81. The highest BCUT2D eigenvalue weighted by Crippen LogP contribution is 2.29. The second-order valence-electron chi connectivity index (χ2n) is 5.51. The fourth-order valence-electron chi connectivity index (χ4n) is 2.80. The number of anilines is 1. The molecule has 0 bridgehead atoms. The second-order valence-corrected chi connectivity index (χ2v) is 7.23. The molecule has 106 valence electrons. The van der Waals surface area contributed by atoms with Gasteiger partial charge in [0.15, 0.2) is 0 Å². The summed E-state index contributed by atoms with van der Waals surface area (Å²) in [6.45, 7) is 4.31. The number of nitrogens with two attached hydrogens (primary N) is 1. The van der Waals surface area contributed by atoms with E-state index in [2.05, 4.69) is 28.5 Å². The maximum atomic E-state index is 12.2. The van der Waals surface area contributed by atoms with E-state index < -0.39 is 10.0 Å². The molecular weight excluding hydrogens is 264 g/mol. The zero-order chi connectivity index (χ0) is 14.0. The first-order valence-corrected chi connectivity index (χ1v) is 7.95. The van der Waals surface area contributed by atoms with Crippen molar-refractivity contribution in [1.82, 2.24) is 14.7 Å². The highest BCUT2D eigenvalue weighted by Gasteiger charge is 2.28. The quantitative estimate of drug-likeness (QED) is 0.868. The maximum Gasteiger partial charge on any atom is 0.243 e. The first-order valence-electron chi connectivity index (χ1n) is 6.46. The van der Waals surface area contributed by atoms with Crippen LogP contribution in [0.4, 0.5) is 5.95 Å². The molecule has 0 saturated heterocycles. The van der Waals surface area contributed by atoms with Gasteiger partial charge in [0.2, 0.25) is 16.0 Å². The zero-order valence-electron chi connectivity index (χ0n) is 11.2. The van der Waals surface area contributed by atoms with Crippen LogP contribution in [0, 0.1) is 11.8 Å². The van der Waals surface area contributed by atoms with Crippen LogP contribution in [0.3, 0.4) is 0 Å². The predicted octanol–water partition coefficient (Wildman–Crippen LogP) is 1.16. The van der Waals surface area contributed by atoms with E-state index in [1.165, 1.54) is 12.4 Å². The van der Waals surface area contributed by atoms with Gasteiger partial charge in [-0.25, -0.2) is 23.1 Å². The maximum absolute atomic E-state index is 12.2. The summed E-state index contributed by atoms with van der Waals surface area (Å²) in [6, 6.07) is -0.0127. The van der Waals surface area contributed by atoms with Crippen molar-refractivity contribution in [1.29, 1.82) is 0 Å². The summed E-state index contributed by atoms with van der Waals surface area (Å²) in [4.78, 5) is 7.49. The van der Waals surface area contributed by atoms with Crippen LogP contribution in [0.1, 0.15) is 33.1 Å². The molecule has 6 nitrogen and oxygen atoms in total. The van der Waals surface area contributed by atoms with Crippen LogP contribution in [-0.2, 0) is 10.0 Å². The Kier molecular flexibility index (Phi) is 4.05. The fourth-order valence-corrected chi connectivity index (χ4v) is 3.95. The van der Waals surface area contributed by atoms with Crippen molar-refractivity contribution < 1.29 is 8.42 Å². The summed E-state index contributed by atoms with van der Waals surface area (Å²) < 4.78 is 27.1. The lowest BCUT2D eigenvalue weighted by Gasteiger charge is -2.31. The number of nitrogen functional groups attached to an aromatic ring is 1. The molecule has 1 aliphatic rings. The zero-order valence-corrected chi connectivity index (χ0v) is 12.0. The van der Waals surface area contributed by atoms with Gasteiger partial charge in [0.1, 0.15) is 4.90 Å². The predicted molar refractivity (Wildman–Crippen MR) is 72.7 cm³/mol. The van der Waals surface area contributed by atoms with Crippen LogP contribution in [-0.4, -0.2) is 24.4 Å². The second kappa shape index (κ2) is 5.42. The van der Waals surface area contributed by atoms with Gasteiger partial charge in [0.05, 0.1) is 12.4 Å². The molecule has 1 aromatic heterocycles. The monoisotopic (exact) mass is 284 g/mol. The largest absolute Gasteiger partial charge is 0.368 e. The van der Waals surface area contributed by atoms with Gasteiger partial charge < -0.3 is 5.73 Å². The summed E-state index contributed by atoms with van der Waals surface area (Å²) in [5.41, 5.74) is 5.35. The van der Waals surface area contributed by atoms with Crippen LogP contribution in [0.15, 0.2) is 17.3 Å². The highest BCUT2D eigenvalue weighted by atomic mass is 32.2. The summed E-state index contributed by atoms with van der Waals surface area (Å²) >= 11 is 0. The van der Waals surface area contributed by atoms with Crippen molar-refractivity contribution in [2.75, 3.05) is 5.73 Å². The number of hydrogen-bond acceptors (Lipinski definition) is 5. The molecular formula is C12H20N4O2S. The van der Waals surface area contributed by atoms with E-state index in [-0.39, 0.29) is 16.9 Å². The third-order valence-electron chi connectivity index (χ3n) is 3.46. The Hall–Kier alpha value is -1.21. The molecule has 1 aromatic rings. The lowest BCUT2D eigenvalue weighted by molar-refractivity contribution is 0.257. The molecule has 1 aliphatic carbocycles. The molecule has 0 radical (unpaired) electrons. The van der Waals surface area contributed by atoms with Crippen LogP contribution >= 0.6 is 0 Å². The van der Waals surface area contributed by atoms with Crippen LogP contribution in [0.2, 0.25) is 0 Å². The van der Waals surface area contributed by atoms with E-state index in [0.29, 0.717) is 11.8 Å². The molecule has 1 fully saturated rings. The average molecular weight is 284 g/mol. The summed E-state index contributed by atoms with van der Waals surface area (Å²) in [5.74, 6) is 1.15. The molecule has 7 heteroatoms. The van der Waals surface area contributed by atoms with E-state index in [0.717, 1.165) is 19.3 Å². The summed E-state index contributed by atoms with van der Waals surface area (Å²) in [6.07, 6.45) is 5.38. The third kappa shape index (κ3) is 3.63. The van der Waals surface area contributed by atoms with Crippen molar-refractivity contribution in [3.05, 3.63) is 12.4 Å². The minimum Gasteiger partial charge on any atom is -0.368 e. The number of aromatic nitrogens is 2. The molecule has 19 heavy (non-hydrogen) atoms. The Morgan fingerprint density at radius 1 is 1.16 bits per heavy atom. The molecule has 0 aromatic carbocycles. The normalized spacial score (nSPS) is 28.2. The Morgan fingerprint density at radius 3 is 2.21 bits per heavy atom. The highest BCUT2D eigenvalue weighted by molar-refractivity contribution is 7.89.